The zero-order chi connectivity index (χ0) is 15.0. The number of rotatable bonds is 4. The van der Waals surface area contributed by atoms with Crippen molar-refractivity contribution in [3.05, 3.63) is 12.2 Å². The Morgan fingerprint density at radius 3 is 2.40 bits per heavy atom. The van der Waals surface area contributed by atoms with E-state index < -0.39 is 11.9 Å². The van der Waals surface area contributed by atoms with E-state index in [4.69, 9.17) is 15.1 Å². The average Bonchev–Trinajstić information content (AvgIpc) is 2.69. The summed E-state index contributed by atoms with van der Waals surface area (Å²) in [7, 11) is 0. The SMILES string of the molecule is CC=NOC1CN2CCCC1C2.O=C(O)/C=C/C(=O)O. The lowest BCUT2D eigenvalue weighted by molar-refractivity contribution is -0.134. The minimum atomic E-state index is -1.26. The molecular weight excluding hydrogens is 264 g/mol. The lowest BCUT2D eigenvalue weighted by Gasteiger charge is -2.20. The number of aliphatic carboxylic acids is 2. The first-order chi connectivity index (χ1) is 9.52. The van der Waals surface area contributed by atoms with Gasteiger partial charge >= 0.3 is 11.9 Å². The van der Waals surface area contributed by atoms with Crippen LogP contribution in [-0.2, 0) is 14.4 Å². The number of carboxylic acids is 2. The van der Waals surface area contributed by atoms with Crippen molar-refractivity contribution < 1.29 is 24.6 Å². The molecule has 0 saturated carbocycles. The molecule has 7 nitrogen and oxygen atoms in total. The number of hydrogen-bond donors (Lipinski definition) is 2. The molecule has 0 aromatic rings. The summed E-state index contributed by atoms with van der Waals surface area (Å²) in [6.45, 7) is 5.46. The van der Waals surface area contributed by atoms with E-state index in [0.717, 1.165) is 12.5 Å². The van der Waals surface area contributed by atoms with E-state index in [2.05, 4.69) is 10.1 Å². The first-order valence-corrected chi connectivity index (χ1v) is 6.53. The second kappa shape index (κ2) is 8.31. The molecule has 0 aromatic heterocycles. The Labute approximate surface area is 117 Å². The zero-order valence-electron chi connectivity index (χ0n) is 11.4. The van der Waals surface area contributed by atoms with E-state index >= 15 is 0 Å². The van der Waals surface area contributed by atoms with Gasteiger partial charge in [0, 0.05) is 37.4 Å². The molecule has 2 aliphatic heterocycles. The summed E-state index contributed by atoms with van der Waals surface area (Å²) in [5.41, 5.74) is 0. The lowest BCUT2D eigenvalue weighted by atomic mass is 9.99. The van der Waals surface area contributed by atoms with Gasteiger partial charge in [0.25, 0.3) is 0 Å². The second-order valence-corrected chi connectivity index (χ2v) is 4.68. The highest BCUT2D eigenvalue weighted by Gasteiger charge is 2.36. The van der Waals surface area contributed by atoms with E-state index in [1.54, 1.807) is 6.21 Å². The fraction of sp³-hybridized carbons (Fsp3) is 0.615. The summed E-state index contributed by atoms with van der Waals surface area (Å²) >= 11 is 0. The standard InChI is InChI=1S/C9H16N2O.C4H4O4/c1-2-10-12-9-7-11-5-3-4-8(9)6-11;5-3(6)1-2-4(7)8/h2,8-9H,3-7H2,1H3;1-2H,(H,5,6)(H,7,8)/b;2-1+. The smallest absolute Gasteiger partial charge is 0.328 e. The van der Waals surface area contributed by atoms with Crippen LogP contribution < -0.4 is 0 Å². The predicted octanol–water partition coefficient (Wildman–Crippen LogP) is 0.815. The third-order valence-electron chi connectivity index (χ3n) is 3.18. The molecular formula is C13H20N2O5. The molecule has 2 N–H and O–H groups in total. The molecule has 2 bridgehead atoms. The van der Waals surface area contributed by atoms with Crippen molar-refractivity contribution in [3.63, 3.8) is 0 Å². The van der Waals surface area contributed by atoms with E-state index in [0.29, 0.717) is 18.3 Å². The monoisotopic (exact) mass is 284 g/mol. The first-order valence-electron chi connectivity index (χ1n) is 6.53. The largest absolute Gasteiger partial charge is 0.478 e. The van der Waals surface area contributed by atoms with Gasteiger partial charge in [-0.2, -0.15) is 0 Å². The Balaban J connectivity index is 0.000000221. The molecule has 7 heteroatoms. The fourth-order valence-corrected chi connectivity index (χ4v) is 2.37. The molecule has 112 valence electrons. The molecule has 2 saturated heterocycles. The van der Waals surface area contributed by atoms with Crippen LogP contribution in [0.15, 0.2) is 17.3 Å². The van der Waals surface area contributed by atoms with E-state index in [1.807, 2.05) is 6.92 Å². The molecule has 0 aromatic carbocycles. The Hall–Kier alpha value is -1.89. The maximum Gasteiger partial charge on any atom is 0.328 e. The van der Waals surface area contributed by atoms with Crippen molar-refractivity contribution >= 4 is 18.2 Å². The van der Waals surface area contributed by atoms with Crippen molar-refractivity contribution in [2.45, 2.75) is 25.9 Å². The minimum absolute atomic E-state index is 0.365. The van der Waals surface area contributed by atoms with Crippen molar-refractivity contribution in [3.8, 4) is 0 Å². The molecule has 3 unspecified atom stereocenters. The zero-order valence-corrected chi connectivity index (χ0v) is 11.4. The van der Waals surface area contributed by atoms with E-state index in [-0.39, 0.29) is 0 Å². The van der Waals surface area contributed by atoms with E-state index in [1.165, 1.54) is 25.9 Å². The Bertz CT molecular complexity index is 378. The van der Waals surface area contributed by atoms with Gasteiger partial charge in [-0.25, -0.2) is 9.59 Å². The van der Waals surface area contributed by atoms with Crippen molar-refractivity contribution in [2.75, 3.05) is 19.6 Å². The van der Waals surface area contributed by atoms with Gasteiger partial charge in [-0.15, -0.1) is 0 Å². The lowest BCUT2D eigenvalue weighted by Crippen LogP contribution is -2.25. The molecule has 20 heavy (non-hydrogen) atoms. The summed E-state index contributed by atoms with van der Waals surface area (Å²) in [4.78, 5) is 27.0. The Kier molecular flexibility index (Phi) is 6.72. The molecule has 2 fully saturated rings. The number of carbonyl (C=O) groups is 2. The van der Waals surface area contributed by atoms with Crippen molar-refractivity contribution in [1.82, 2.24) is 4.90 Å². The van der Waals surface area contributed by atoms with Gasteiger partial charge in [0.15, 0.2) is 0 Å². The topological polar surface area (TPSA) is 99.4 Å². The van der Waals surface area contributed by atoms with Crippen LogP contribution in [0.4, 0.5) is 0 Å². The molecule has 0 aliphatic carbocycles. The van der Waals surface area contributed by atoms with Crippen LogP contribution in [0.25, 0.3) is 0 Å². The number of hydrogen-bond acceptors (Lipinski definition) is 5. The van der Waals surface area contributed by atoms with Gasteiger partial charge in [0.05, 0.1) is 0 Å². The van der Waals surface area contributed by atoms with Gasteiger partial charge in [-0.3, -0.25) is 4.90 Å². The number of oxime groups is 1. The average molecular weight is 284 g/mol. The van der Waals surface area contributed by atoms with Crippen LogP contribution in [0.3, 0.4) is 0 Å². The number of nitrogens with zero attached hydrogens (tertiary/aromatic N) is 2. The highest BCUT2D eigenvalue weighted by atomic mass is 16.6. The third kappa shape index (κ3) is 5.83. The minimum Gasteiger partial charge on any atom is -0.478 e. The number of fused-ring (bicyclic) bond motifs is 2. The summed E-state index contributed by atoms with van der Waals surface area (Å²) < 4.78 is 0. The van der Waals surface area contributed by atoms with Crippen LogP contribution in [0.5, 0.6) is 0 Å². The molecule has 3 atom stereocenters. The fourth-order valence-electron chi connectivity index (χ4n) is 2.37. The Morgan fingerprint density at radius 2 is 1.90 bits per heavy atom. The maximum atomic E-state index is 9.55. The van der Waals surface area contributed by atoms with Crippen LogP contribution in [0.2, 0.25) is 0 Å². The van der Waals surface area contributed by atoms with Gasteiger partial charge in [-0.1, -0.05) is 5.16 Å². The molecule has 2 heterocycles. The maximum absolute atomic E-state index is 9.55. The molecule has 0 amide bonds. The second-order valence-electron chi connectivity index (χ2n) is 4.68. The van der Waals surface area contributed by atoms with Crippen molar-refractivity contribution in [1.29, 1.82) is 0 Å². The van der Waals surface area contributed by atoms with Crippen LogP contribution >= 0.6 is 0 Å². The molecule has 0 spiro atoms. The van der Waals surface area contributed by atoms with Gasteiger partial charge in [0.1, 0.15) is 6.10 Å². The number of piperidine rings is 1. The number of carboxylic acid groups (broad SMARTS) is 2. The first kappa shape index (κ1) is 16.2. The van der Waals surface area contributed by atoms with Gasteiger partial charge in [0.2, 0.25) is 0 Å². The predicted molar refractivity (Wildman–Crippen MR) is 72.6 cm³/mol. The Morgan fingerprint density at radius 1 is 1.25 bits per heavy atom. The third-order valence-corrected chi connectivity index (χ3v) is 3.18. The summed E-state index contributed by atoms with van der Waals surface area (Å²) in [5.74, 6) is -1.78. The van der Waals surface area contributed by atoms with Crippen LogP contribution in [0.1, 0.15) is 19.8 Å². The van der Waals surface area contributed by atoms with Gasteiger partial charge < -0.3 is 15.1 Å². The molecule has 0 radical (unpaired) electrons. The summed E-state index contributed by atoms with van der Waals surface area (Å²) in [6, 6.07) is 0. The van der Waals surface area contributed by atoms with Crippen LogP contribution in [0, 0.1) is 5.92 Å². The highest BCUT2D eigenvalue weighted by molar-refractivity contribution is 5.89. The summed E-state index contributed by atoms with van der Waals surface area (Å²) in [5, 5.41) is 19.5. The summed E-state index contributed by atoms with van der Waals surface area (Å²) in [6.07, 6.45) is 5.85. The molecule has 2 rings (SSSR count). The quantitative estimate of drug-likeness (QED) is 0.450. The van der Waals surface area contributed by atoms with Crippen LogP contribution in [-0.4, -0.2) is 59.0 Å². The normalized spacial score (nSPS) is 28.1. The van der Waals surface area contributed by atoms with Gasteiger partial charge in [-0.05, 0) is 26.3 Å². The highest BCUT2D eigenvalue weighted by Crippen LogP contribution is 2.28. The molecule has 2 aliphatic rings. The van der Waals surface area contributed by atoms with Crippen molar-refractivity contribution in [2.24, 2.45) is 11.1 Å². The van der Waals surface area contributed by atoms with E-state index in [9.17, 15) is 9.59 Å².